The fraction of sp³-hybridized carbons (Fsp3) is 0.0714. The minimum atomic E-state index is -0.422. The average Bonchev–Trinajstić information content (AvgIpc) is 3.63. The lowest BCUT2D eigenvalue weighted by Gasteiger charge is -2.12. The van der Waals surface area contributed by atoms with E-state index in [1.54, 1.807) is 6.07 Å². The van der Waals surface area contributed by atoms with Crippen molar-refractivity contribution in [2.75, 3.05) is 0 Å². The molecule has 10 heterocycles. The molecule has 0 unspecified atom stereocenters. The van der Waals surface area contributed by atoms with Crippen molar-refractivity contribution in [2.45, 2.75) is 19.6 Å². The maximum absolute atomic E-state index is 14.0. The number of fused-ring (bicyclic) bond motifs is 2. The molecular formula is C42H27N3O4. The zero-order valence-corrected chi connectivity index (χ0v) is 26.2. The summed E-state index contributed by atoms with van der Waals surface area (Å²) < 4.78 is 10.2. The Morgan fingerprint density at radius 1 is 0.490 bits per heavy atom. The molecule has 1 amide bonds. The number of benzene rings is 6. The second-order valence-corrected chi connectivity index (χ2v) is 12.9. The van der Waals surface area contributed by atoms with Gasteiger partial charge in [-0.1, -0.05) is 24.3 Å². The van der Waals surface area contributed by atoms with Crippen molar-refractivity contribution in [3.05, 3.63) is 155 Å². The van der Waals surface area contributed by atoms with E-state index in [9.17, 15) is 14.4 Å². The molecule has 0 atom stereocenters. The number of hydrogen-bond donors (Lipinski definition) is 1. The second-order valence-electron chi connectivity index (χ2n) is 12.9. The number of amides is 1. The Hall–Kier alpha value is -6.47. The van der Waals surface area contributed by atoms with Gasteiger partial charge < -0.3 is 19.2 Å². The van der Waals surface area contributed by atoms with Gasteiger partial charge in [0.05, 0.1) is 27.6 Å². The Bertz CT molecular complexity index is 2730. The molecule has 0 saturated carbocycles. The lowest BCUT2D eigenvalue weighted by Crippen LogP contribution is -2.22. The first-order valence-electron chi connectivity index (χ1n) is 16.3. The van der Waals surface area contributed by atoms with Gasteiger partial charge in [-0.05, 0) is 114 Å². The highest BCUT2D eigenvalue weighted by atomic mass is 16.5. The van der Waals surface area contributed by atoms with Crippen molar-refractivity contribution in [3.63, 3.8) is 0 Å². The van der Waals surface area contributed by atoms with Crippen LogP contribution in [0.25, 0.3) is 55.0 Å². The minimum Gasteiger partial charge on any atom is -0.457 e. The second kappa shape index (κ2) is 10.3. The van der Waals surface area contributed by atoms with Crippen molar-refractivity contribution in [1.82, 2.24) is 14.5 Å². The van der Waals surface area contributed by atoms with Crippen LogP contribution in [0.4, 0.5) is 0 Å². The number of esters is 1. The molecule has 7 heteroatoms. The third-order valence-corrected chi connectivity index (χ3v) is 9.99. The highest BCUT2D eigenvalue weighted by Gasteiger charge is 2.20. The van der Waals surface area contributed by atoms with Gasteiger partial charge in [0.2, 0.25) is 0 Å². The number of ketones is 1. The van der Waals surface area contributed by atoms with Crippen LogP contribution in [0.1, 0.15) is 47.8 Å². The molecule has 7 nitrogen and oxygen atoms in total. The number of carbonyl (C=O) groups excluding carboxylic acids is 3. The van der Waals surface area contributed by atoms with E-state index in [0.29, 0.717) is 23.2 Å². The minimum absolute atomic E-state index is 0.0100. The summed E-state index contributed by atoms with van der Waals surface area (Å²) in [5.74, 6) is -0.573. The van der Waals surface area contributed by atoms with Crippen LogP contribution in [-0.2, 0) is 24.3 Å². The van der Waals surface area contributed by atoms with E-state index in [0.717, 1.165) is 71.7 Å². The fourth-order valence-electron chi connectivity index (χ4n) is 7.53. The summed E-state index contributed by atoms with van der Waals surface area (Å²) in [6.07, 6.45) is 0.247. The van der Waals surface area contributed by atoms with Gasteiger partial charge in [-0.3, -0.25) is 9.59 Å². The molecule has 16 rings (SSSR count). The molecule has 49 heavy (non-hydrogen) atoms. The van der Waals surface area contributed by atoms with Gasteiger partial charge in [0.15, 0.2) is 5.78 Å². The molecule has 234 valence electrons. The number of nitrogens with zero attached hydrogens (tertiary/aromatic N) is 2. The zero-order chi connectivity index (χ0) is 32.8. The van der Waals surface area contributed by atoms with Crippen LogP contribution in [0, 0.1) is 0 Å². The molecule has 0 aliphatic carbocycles. The number of Topliss-reactive ketones (excluding diaryl/α,β-unsaturated/α-hetero) is 1. The Labute approximate surface area is 279 Å². The van der Waals surface area contributed by atoms with Gasteiger partial charge in [0, 0.05) is 57.0 Å². The van der Waals surface area contributed by atoms with Gasteiger partial charge in [-0.25, -0.2) is 4.79 Å². The monoisotopic (exact) mass is 637 g/mol. The van der Waals surface area contributed by atoms with Crippen LogP contribution in [0.15, 0.2) is 121 Å². The van der Waals surface area contributed by atoms with Gasteiger partial charge in [0.25, 0.3) is 5.91 Å². The summed E-state index contributed by atoms with van der Waals surface area (Å²) in [5, 5.41) is 6.77. The molecule has 8 aliphatic rings. The highest BCUT2D eigenvalue weighted by Crippen LogP contribution is 2.36. The average molecular weight is 638 g/mol. The van der Waals surface area contributed by atoms with Gasteiger partial charge in [-0.2, -0.15) is 0 Å². The van der Waals surface area contributed by atoms with Gasteiger partial charge in [-0.15, -0.1) is 0 Å². The summed E-state index contributed by atoms with van der Waals surface area (Å²) in [4.78, 5) is 40.7. The first-order chi connectivity index (χ1) is 24.0. The first-order valence-corrected chi connectivity index (χ1v) is 16.3. The summed E-state index contributed by atoms with van der Waals surface area (Å²) in [5.41, 5.74) is 9.94. The smallest absolute Gasteiger partial charge is 0.338 e. The van der Waals surface area contributed by atoms with E-state index in [-0.39, 0.29) is 24.7 Å². The molecule has 0 fully saturated rings. The molecule has 0 spiro atoms. The molecule has 8 aliphatic heterocycles. The summed E-state index contributed by atoms with van der Waals surface area (Å²) in [7, 11) is 0. The zero-order valence-electron chi connectivity index (χ0n) is 26.2. The Kier molecular flexibility index (Phi) is 5.79. The maximum Gasteiger partial charge on any atom is 0.338 e. The number of hydrogen-bond acceptors (Lipinski definition) is 4. The van der Waals surface area contributed by atoms with E-state index in [1.165, 1.54) is 0 Å². The number of rotatable bonds is 0. The Morgan fingerprint density at radius 3 is 1.65 bits per heavy atom. The van der Waals surface area contributed by atoms with E-state index >= 15 is 0 Å². The largest absolute Gasteiger partial charge is 0.457 e. The van der Waals surface area contributed by atoms with E-state index in [2.05, 4.69) is 50.8 Å². The lowest BCUT2D eigenvalue weighted by molar-refractivity contribution is 0.0473. The number of nitrogens with one attached hydrogen (secondary N) is 1. The molecular weight excluding hydrogens is 610 g/mol. The third-order valence-electron chi connectivity index (χ3n) is 9.99. The van der Waals surface area contributed by atoms with Gasteiger partial charge in [0.1, 0.15) is 6.61 Å². The normalized spacial score (nSPS) is 14.3. The van der Waals surface area contributed by atoms with Crippen LogP contribution in [0.5, 0.6) is 0 Å². The molecule has 0 saturated heterocycles. The Morgan fingerprint density at radius 2 is 0.980 bits per heavy atom. The summed E-state index contributed by atoms with van der Waals surface area (Å²) in [6.45, 7) is 0.515. The van der Waals surface area contributed by atoms with Crippen molar-refractivity contribution in [1.29, 1.82) is 0 Å². The quantitative estimate of drug-likeness (QED) is 0.170. The molecule has 6 aromatic carbocycles. The standard InChI is InChI=1S/C42H27N3O4/c46-40-19-25-3-13-36-32(17-25)33-18-26-4-14-37(33)44(36)30-9-1-24(2-10-30)22-43-41(47)27-5-11-31(12-6-27)45-38-15-7-28(40)20-34(38)35-21-29(8-16-39(35)45)42(48)49-23-26/h1-18,20-21H,19,22-23H2,(H,43,47). The van der Waals surface area contributed by atoms with Crippen LogP contribution < -0.4 is 5.32 Å². The Balaban J connectivity index is 1.28. The number of carbonyl (C=O) groups is 3. The number of aromatic nitrogens is 2. The fourth-order valence-corrected chi connectivity index (χ4v) is 7.53. The molecule has 16 bridgehead atoms. The molecule has 2 aromatic heterocycles. The van der Waals surface area contributed by atoms with Crippen molar-refractivity contribution >= 4 is 61.3 Å². The first kappa shape index (κ1) is 27.6. The van der Waals surface area contributed by atoms with Crippen molar-refractivity contribution in [2.24, 2.45) is 0 Å². The third kappa shape index (κ3) is 4.25. The van der Waals surface area contributed by atoms with Crippen LogP contribution >= 0.6 is 0 Å². The van der Waals surface area contributed by atoms with Crippen LogP contribution in [0.3, 0.4) is 0 Å². The predicted molar refractivity (Wildman–Crippen MR) is 190 cm³/mol. The van der Waals surface area contributed by atoms with E-state index in [4.69, 9.17) is 4.74 Å². The highest BCUT2D eigenvalue weighted by molar-refractivity contribution is 6.14. The van der Waals surface area contributed by atoms with Crippen molar-refractivity contribution in [3.8, 4) is 11.4 Å². The molecule has 1 N–H and O–H groups in total. The SMILES string of the molecule is O=C1Cc2ccc3c(c2)c2cc4ccc2n3-c2ccc(cc2)CNC(=O)c2ccc(cc2)-n2c3ccc1cc3c1cc(ccc12)C(=O)OC4. The van der Waals surface area contributed by atoms with E-state index in [1.807, 2.05) is 78.9 Å². The lowest BCUT2D eigenvalue weighted by atomic mass is 9.99. The van der Waals surface area contributed by atoms with Crippen LogP contribution in [-0.4, -0.2) is 26.8 Å². The van der Waals surface area contributed by atoms with E-state index < -0.39 is 5.97 Å². The summed E-state index contributed by atoms with van der Waals surface area (Å²) >= 11 is 0. The van der Waals surface area contributed by atoms with Crippen LogP contribution in [0.2, 0.25) is 0 Å². The van der Waals surface area contributed by atoms with Crippen molar-refractivity contribution < 1.29 is 19.1 Å². The molecule has 8 aromatic rings. The summed E-state index contributed by atoms with van der Waals surface area (Å²) in [6, 6.07) is 39.3. The number of cyclic esters (lactones) is 1. The predicted octanol–water partition coefficient (Wildman–Crippen LogP) is 8.22. The number of ether oxygens (including phenoxy) is 1. The topological polar surface area (TPSA) is 82.3 Å². The van der Waals surface area contributed by atoms with Gasteiger partial charge >= 0.3 is 5.97 Å². The maximum atomic E-state index is 14.0. The molecule has 0 radical (unpaired) electrons.